The second-order valence-electron chi connectivity index (χ2n) is 10.3. The third-order valence-corrected chi connectivity index (χ3v) is 8.81. The average Bonchev–Trinajstić information content (AvgIpc) is 2.99. The summed E-state index contributed by atoms with van der Waals surface area (Å²) in [6.45, 7) is 5.68. The van der Waals surface area contributed by atoms with Gasteiger partial charge in [-0.2, -0.15) is 0 Å². The molecule has 15 heteroatoms. The van der Waals surface area contributed by atoms with Gasteiger partial charge in [0.2, 0.25) is 21.8 Å². The first-order valence-electron chi connectivity index (χ1n) is 14.7. The molecule has 1 atom stereocenters. The van der Waals surface area contributed by atoms with Gasteiger partial charge in [0.15, 0.2) is 0 Å². The lowest BCUT2D eigenvalue weighted by atomic mass is 9.85. The largest absolute Gasteiger partial charge is 0.378 e. The molecule has 0 bridgehead atoms. The van der Waals surface area contributed by atoms with E-state index in [-0.39, 0.29) is 49.0 Å². The van der Waals surface area contributed by atoms with Crippen LogP contribution < -0.4 is 15.4 Å². The van der Waals surface area contributed by atoms with Crippen molar-refractivity contribution >= 4 is 45.0 Å². The summed E-state index contributed by atoms with van der Waals surface area (Å²) in [7, 11) is -1.67. The molecule has 250 valence electrons. The number of fused-ring (bicyclic) bond motifs is 1. The van der Waals surface area contributed by atoms with E-state index in [1.54, 1.807) is 25.1 Å². The number of likely N-dealkylation sites (N-methyl/N-ethyl adjacent to an activating group) is 2. The first-order valence-corrected chi connectivity index (χ1v) is 16.9. The molecule has 0 fully saturated rings. The first kappa shape index (κ1) is 37.1. The summed E-state index contributed by atoms with van der Waals surface area (Å²) in [5, 5.41) is 6.41. The zero-order chi connectivity index (χ0) is 32.7. The fourth-order valence-electron chi connectivity index (χ4n) is 4.68. The van der Waals surface area contributed by atoms with E-state index in [1.807, 2.05) is 25.2 Å². The Balaban J connectivity index is 1.24. The third-order valence-electron chi connectivity index (χ3n) is 6.78. The van der Waals surface area contributed by atoms with Gasteiger partial charge in [0.05, 0.1) is 44.5 Å². The van der Waals surface area contributed by atoms with Crippen LogP contribution in [0.1, 0.15) is 29.5 Å². The molecule has 0 saturated carbocycles. The van der Waals surface area contributed by atoms with Crippen molar-refractivity contribution < 1.29 is 37.0 Å². The molecule has 2 aromatic rings. The van der Waals surface area contributed by atoms with Gasteiger partial charge in [-0.05, 0) is 54.9 Å². The molecule has 1 unspecified atom stereocenters. The Labute approximate surface area is 275 Å². The normalized spacial score (nSPS) is 15.1. The highest BCUT2D eigenvalue weighted by molar-refractivity contribution is 7.89. The van der Waals surface area contributed by atoms with Crippen molar-refractivity contribution in [2.24, 2.45) is 0 Å². The van der Waals surface area contributed by atoms with Crippen LogP contribution in [0.15, 0.2) is 41.3 Å². The second kappa shape index (κ2) is 19.4. The number of sulfonamides is 1. The van der Waals surface area contributed by atoms with Gasteiger partial charge in [-0.1, -0.05) is 35.3 Å². The van der Waals surface area contributed by atoms with Crippen LogP contribution in [0.2, 0.25) is 10.0 Å². The monoisotopic (exact) mass is 688 g/mol. The highest BCUT2D eigenvalue weighted by atomic mass is 35.5. The number of halogens is 2. The minimum atomic E-state index is -3.70. The predicted molar refractivity (Wildman–Crippen MR) is 171 cm³/mol. The maximum absolute atomic E-state index is 12.8. The van der Waals surface area contributed by atoms with E-state index in [0.717, 1.165) is 29.8 Å². The molecule has 0 aromatic heterocycles. The number of hydrogen-bond donors (Lipinski definition) is 3. The Hall–Kier alpha value is -2.33. The van der Waals surface area contributed by atoms with E-state index in [2.05, 4.69) is 20.3 Å². The van der Waals surface area contributed by atoms with E-state index in [0.29, 0.717) is 56.2 Å². The van der Waals surface area contributed by atoms with Crippen LogP contribution in [0.5, 0.6) is 0 Å². The van der Waals surface area contributed by atoms with Gasteiger partial charge >= 0.3 is 0 Å². The summed E-state index contributed by atoms with van der Waals surface area (Å²) < 4.78 is 49.4. The molecule has 1 heterocycles. The summed E-state index contributed by atoms with van der Waals surface area (Å²) in [5.41, 5.74) is 3.08. The lowest BCUT2D eigenvalue weighted by Gasteiger charge is -2.33. The first-order chi connectivity index (χ1) is 21.6. The molecular weight excluding hydrogens is 647 g/mol. The van der Waals surface area contributed by atoms with Gasteiger partial charge in [-0.15, -0.1) is 0 Å². The minimum absolute atomic E-state index is 0.0212. The Morgan fingerprint density at radius 2 is 1.47 bits per heavy atom. The SMILES string of the molecule is CCNC(=O)COCC(=O)NCCOCCOCCOCCNS(=O)(=O)c1ccc(C2CN(C)Cc3c(Cl)cc(Cl)cc32)cc1. The number of rotatable bonds is 20. The molecule has 1 aliphatic heterocycles. The zero-order valence-corrected chi connectivity index (χ0v) is 27.9. The molecule has 0 spiro atoms. The number of carbonyl (C=O) groups is 2. The number of amides is 2. The van der Waals surface area contributed by atoms with Gasteiger partial charge < -0.3 is 34.5 Å². The molecule has 45 heavy (non-hydrogen) atoms. The molecule has 12 nitrogen and oxygen atoms in total. The number of benzene rings is 2. The molecule has 0 aliphatic carbocycles. The maximum Gasteiger partial charge on any atom is 0.246 e. The summed E-state index contributed by atoms with van der Waals surface area (Å²) in [4.78, 5) is 25.2. The van der Waals surface area contributed by atoms with Crippen molar-refractivity contribution in [1.29, 1.82) is 0 Å². The molecule has 2 aromatic carbocycles. The molecule has 3 rings (SSSR count). The Kier molecular flexibility index (Phi) is 16.0. The van der Waals surface area contributed by atoms with Gasteiger partial charge in [0.1, 0.15) is 13.2 Å². The van der Waals surface area contributed by atoms with E-state index in [9.17, 15) is 18.0 Å². The van der Waals surface area contributed by atoms with Crippen molar-refractivity contribution in [2.75, 3.05) is 86.1 Å². The van der Waals surface area contributed by atoms with E-state index >= 15 is 0 Å². The van der Waals surface area contributed by atoms with E-state index < -0.39 is 10.0 Å². The Morgan fingerprint density at radius 1 is 0.867 bits per heavy atom. The predicted octanol–water partition coefficient (Wildman–Crippen LogP) is 2.17. The number of ether oxygens (including phenoxy) is 4. The van der Waals surface area contributed by atoms with Crippen molar-refractivity contribution in [2.45, 2.75) is 24.3 Å². The van der Waals surface area contributed by atoms with Gasteiger partial charge in [0, 0.05) is 48.7 Å². The minimum Gasteiger partial charge on any atom is -0.378 e. The summed E-state index contributed by atoms with van der Waals surface area (Å²) in [6.07, 6.45) is 0. The summed E-state index contributed by atoms with van der Waals surface area (Å²) in [6, 6.07) is 10.6. The van der Waals surface area contributed by atoms with E-state index in [1.165, 1.54) is 0 Å². The lowest BCUT2D eigenvalue weighted by Crippen LogP contribution is -2.33. The fraction of sp³-hybridized carbons (Fsp3) is 0.533. The van der Waals surface area contributed by atoms with Crippen LogP contribution in [0.4, 0.5) is 0 Å². The third kappa shape index (κ3) is 12.8. The maximum atomic E-state index is 12.8. The molecule has 0 saturated heterocycles. The number of nitrogens with one attached hydrogen (secondary N) is 3. The lowest BCUT2D eigenvalue weighted by molar-refractivity contribution is -0.131. The fourth-order valence-corrected chi connectivity index (χ4v) is 6.26. The van der Waals surface area contributed by atoms with Crippen LogP contribution in [0.25, 0.3) is 0 Å². The van der Waals surface area contributed by atoms with Crippen LogP contribution in [0, 0.1) is 0 Å². The molecule has 0 radical (unpaired) electrons. The smallest absolute Gasteiger partial charge is 0.246 e. The Morgan fingerprint density at radius 3 is 2.11 bits per heavy atom. The molecule has 3 N–H and O–H groups in total. The van der Waals surface area contributed by atoms with Crippen LogP contribution in [0.3, 0.4) is 0 Å². The van der Waals surface area contributed by atoms with E-state index in [4.69, 9.17) is 42.1 Å². The molecular formula is C30H42Cl2N4O8S. The van der Waals surface area contributed by atoms with Gasteiger partial charge in [0.25, 0.3) is 0 Å². The van der Waals surface area contributed by atoms with Gasteiger partial charge in [-0.25, -0.2) is 13.1 Å². The molecule has 1 aliphatic rings. The van der Waals surface area contributed by atoms with Crippen LogP contribution >= 0.6 is 23.2 Å². The second-order valence-corrected chi connectivity index (χ2v) is 12.9. The summed E-state index contributed by atoms with van der Waals surface area (Å²) in [5.74, 6) is -0.578. The van der Waals surface area contributed by atoms with Gasteiger partial charge in [-0.3, -0.25) is 9.59 Å². The zero-order valence-electron chi connectivity index (χ0n) is 25.6. The highest BCUT2D eigenvalue weighted by Crippen LogP contribution is 2.38. The quantitative estimate of drug-likeness (QED) is 0.178. The molecule has 2 amide bonds. The number of hydrogen-bond acceptors (Lipinski definition) is 9. The van der Waals surface area contributed by atoms with Crippen LogP contribution in [-0.2, 0) is 45.1 Å². The van der Waals surface area contributed by atoms with Crippen molar-refractivity contribution in [1.82, 2.24) is 20.3 Å². The number of nitrogens with zero attached hydrogens (tertiary/aromatic N) is 1. The average molecular weight is 690 g/mol. The van der Waals surface area contributed by atoms with Crippen LogP contribution in [-0.4, -0.2) is 111 Å². The Bertz CT molecular complexity index is 1350. The standard InChI is InChI=1S/C30H42Cl2N4O8S/c1-3-33-29(37)20-44-21-30(38)34-8-10-41-12-14-43-15-13-42-11-9-35-45(39,40)24-6-4-22(5-7-24)26-18-36(2)19-27-25(26)16-23(31)17-28(27)32/h4-7,16-17,26,35H,3,8-15,18-21H2,1-2H3,(H,33,37)(H,34,38). The summed E-state index contributed by atoms with van der Waals surface area (Å²) >= 11 is 12.7. The topological polar surface area (TPSA) is 145 Å². The van der Waals surface area contributed by atoms with Crippen molar-refractivity contribution in [3.63, 3.8) is 0 Å². The number of carbonyl (C=O) groups excluding carboxylic acids is 2. The van der Waals surface area contributed by atoms with Crippen molar-refractivity contribution in [3.8, 4) is 0 Å². The highest BCUT2D eigenvalue weighted by Gasteiger charge is 2.27. The van der Waals surface area contributed by atoms with Crippen molar-refractivity contribution in [3.05, 3.63) is 63.1 Å².